The summed E-state index contributed by atoms with van der Waals surface area (Å²) >= 11 is 1.28. The van der Waals surface area contributed by atoms with E-state index in [1.54, 1.807) is 6.07 Å². The van der Waals surface area contributed by atoms with E-state index in [0.29, 0.717) is 11.0 Å². The average Bonchev–Trinajstić information content (AvgIpc) is 2.78. The Morgan fingerprint density at radius 2 is 2.17 bits per heavy atom. The Hall–Kier alpha value is -1.82. The lowest BCUT2D eigenvalue weighted by Crippen LogP contribution is -1.94. The number of carboxylic acids is 1. The van der Waals surface area contributed by atoms with Gasteiger partial charge in [0.15, 0.2) is 5.09 Å². The number of carbonyl (C=O) groups is 1. The first-order valence-electron chi connectivity index (χ1n) is 5.39. The Kier molecular flexibility index (Phi) is 3.66. The molecule has 0 unspecified atom stereocenters. The highest BCUT2D eigenvalue weighted by atomic mass is 32.2. The van der Waals surface area contributed by atoms with E-state index in [-0.39, 0.29) is 5.76 Å². The van der Waals surface area contributed by atoms with Crippen LogP contribution >= 0.6 is 11.8 Å². The fourth-order valence-corrected chi connectivity index (χ4v) is 2.07. The lowest BCUT2D eigenvalue weighted by atomic mass is 10.1. The fraction of sp³-hybridized carbons (Fsp3) is 0.250. The molecule has 2 rings (SSSR count). The smallest absolute Gasteiger partial charge is 0.371 e. The molecular formula is C12H12N2O3S. The van der Waals surface area contributed by atoms with E-state index < -0.39 is 5.97 Å². The lowest BCUT2D eigenvalue weighted by molar-refractivity contribution is 0.0656. The van der Waals surface area contributed by atoms with Crippen LogP contribution in [0.5, 0.6) is 0 Å². The molecule has 2 aromatic rings. The van der Waals surface area contributed by atoms with Crippen molar-refractivity contribution in [2.75, 3.05) is 0 Å². The van der Waals surface area contributed by atoms with Crippen LogP contribution in [-0.2, 0) is 0 Å². The van der Waals surface area contributed by atoms with Crippen LogP contribution in [0.25, 0.3) is 0 Å². The summed E-state index contributed by atoms with van der Waals surface area (Å²) in [5.74, 6) is -0.832. The van der Waals surface area contributed by atoms with Crippen LogP contribution in [0.1, 0.15) is 36.0 Å². The number of rotatable bonds is 4. The minimum Gasteiger partial charge on any atom is -0.475 e. The van der Waals surface area contributed by atoms with Gasteiger partial charge in [-0.1, -0.05) is 13.8 Å². The zero-order valence-electron chi connectivity index (χ0n) is 9.95. The molecule has 18 heavy (non-hydrogen) atoms. The van der Waals surface area contributed by atoms with Crippen molar-refractivity contribution in [3.63, 3.8) is 0 Å². The summed E-state index contributed by atoms with van der Waals surface area (Å²) in [6, 6.07) is 4.92. The van der Waals surface area contributed by atoms with Crippen molar-refractivity contribution in [1.82, 2.24) is 9.97 Å². The third-order valence-electron chi connectivity index (χ3n) is 2.25. The summed E-state index contributed by atoms with van der Waals surface area (Å²) < 4.78 is 5.15. The molecule has 0 amide bonds. The highest BCUT2D eigenvalue weighted by molar-refractivity contribution is 7.99. The van der Waals surface area contributed by atoms with Crippen molar-refractivity contribution in [2.45, 2.75) is 29.9 Å². The van der Waals surface area contributed by atoms with E-state index in [1.807, 2.05) is 19.9 Å². The number of carboxylic acid groups (broad SMARTS) is 1. The van der Waals surface area contributed by atoms with Crippen LogP contribution < -0.4 is 0 Å². The topological polar surface area (TPSA) is 76.2 Å². The Labute approximate surface area is 108 Å². The van der Waals surface area contributed by atoms with E-state index >= 15 is 0 Å². The van der Waals surface area contributed by atoms with Crippen molar-refractivity contribution < 1.29 is 14.3 Å². The van der Waals surface area contributed by atoms with Gasteiger partial charge in [-0.05, 0) is 35.9 Å². The second-order valence-corrected chi connectivity index (χ2v) is 4.99. The summed E-state index contributed by atoms with van der Waals surface area (Å²) in [5, 5.41) is 9.99. The summed E-state index contributed by atoms with van der Waals surface area (Å²) in [4.78, 5) is 19.0. The van der Waals surface area contributed by atoms with E-state index in [4.69, 9.17) is 9.52 Å². The van der Waals surface area contributed by atoms with Crippen molar-refractivity contribution >= 4 is 17.7 Å². The highest BCUT2D eigenvalue weighted by Gasteiger charge is 2.11. The SMILES string of the molecule is CC(C)c1cc(Sc2ccc(C(=O)O)o2)ncn1. The number of furan rings is 1. The number of nitrogens with zero attached hydrogens (tertiary/aromatic N) is 2. The van der Waals surface area contributed by atoms with Crippen molar-refractivity contribution in [3.05, 3.63) is 36.0 Å². The van der Waals surface area contributed by atoms with Gasteiger partial charge in [0, 0.05) is 5.69 Å². The van der Waals surface area contributed by atoms with Crippen molar-refractivity contribution in [3.8, 4) is 0 Å². The molecule has 0 aliphatic rings. The number of aromatic nitrogens is 2. The molecule has 0 atom stereocenters. The first-order valence-corrected chi connectivity index (χ1v) is 6.21. The molecule has 0 aliphatic carbocycles. The van der Waals surface area contributed by atoms with Crippen LogP contribution in [0.2, 0.25) is 0 Å². The molecule has 94 valence electrons. The van der Waals surface area contributed by atoms with E-state index in [2.05, 4.69) is 9.97 Å². The first-order chi connectivity index (χ1) is 8.56. The molecule has 0 bridgehead atoms. The van der Waals surface area contributed by atoms with Crippen molar-refractivity contribution in [2.24, 2.45) is 0 Å². The molecule has 0 fully saturated rings. The fourth-order valence-electron chi connectivity index (χ4n) is 1.32. The molecule has 6 heteroatoms. The van der Waals surface area contributed by atoms with Crippen molar-refractivity contribution in [1.29, 1.82) is 0 Å². The molecular weight excluding hydrogens is 252 g/mol. The molecule has 0 spiro atoms. The molecule has 2 heterocycles. The quantitative estimate of drug-likeness (QED) is 0.855. The summed E-state index contributed by atoms with van der Waals surface area (Å²) in [7, 11) is 0. The molecule has 0 aromatic carbocycles. The third kappa shape index (κ3) is 2.89. The molecule has 0 saturated heterocycles. The third-order valence-corrected chi connectivity index (χ3v) is 3.10. The molecule has 0 saturated carbocycles. The minimum atomic E-state index is -1.08. The minimum absolute atomic E-state index is 0.0735. The Morgan fingerprint density at radius 3 is 2.78 bits per heavy atom. The summed E-state index contributed by atoms with van der Waals surface area (Å²) in [5.41, 5.74) is 0.942. The lowest BCUT2D eigenvalue weighted by Gasteiger charge is -2.04. The van der Waals surface area contributed by atoms with Crippen LogP contribution in [0.3, 0.4) is 0 Å². The average molecular weight is 264 g/mol. The standard InChI is InChI=1S/C12H12N2O3S/c1-7(2)8-5-10(14-6-13-8)18-11-4-3-9(17-11)12(15)16/h3-7H,1-2H3,(H,15,16). The molecule has 5 nitrogen and oxygen atoms in total. The van der Waals surface area contributed by atoms with Gasteiger partial charge >= 0.3 is 5.97 Å². The zero-order chi connectivity index (χ0) is 13.1. The van der Waals surface area contributed by atoms with E-state index in [1.165, 1.54) is 24.2 Å². The summed E-state index contributed by atoms with van der Waals surface area (Å²) in [6.45, 7) is 4.10. The van der Waals surface area contributed by atoms with E-state index in [0.717, 1.165) is 10.7 Å². The normalized spacial score (nSPS) is 10.8. The summed E-state index contributed by atoms with van der Waals surface area (Å²) in [6.07, 6.45) is 1.50. The maximum absolute atomic E-state index is 10.7. The molecule has 2 aromatic heterocycles. The maximum atomic E-state index is 10.7. The predicted molar refractivity (Wildman–Crippen MR) is 65.9 cm³/mol. The predicted octanol–water partition coefficient (Wildman–Crippen LogP) is 3.04. The highest BCUT2D eigenvalue weighted by Crippen LogP contribution is 2.28. The Balaban J connectivity index is 2.17. The maximum Gasteiger partial charge on any atom is 0.371 e. The van der Waals surface area contributed by atoms with Gasteiger partial charge in [0.2, 0.25) is 5.76 Å². The second-order valence-electron chi connectivity index (χ2n) is 3.96. The van der Waals surface area contributed by atoms with Crippen LogP contribution in [-0.4, -0.2) is 21.0 Å². The van der Waals surface area contributed by atoms with Gasteiger partial charge in [-0.3, -0.25) is 0 Å². The van der Waals surface area contributed by atoms with Gasteiger partial charge in [0.25, 0.3) is 0 Å². The van der Waals surface area contributed by atoms with Crippen LogP contribution in [0.15, 0.2) is 39.1 Å². The van der Waals surface area contributed by atoms with Crippen LogP contribution in [0, 0.1) is 0 Å². The Morgan fingerprint density at radius 1 is 1.39 bits per heavy atom. The monoisotopic (exact) mass is 264 g/mol. The van der Waals surface area contributed by atoms with Gasteiger partial charge < -0.3 is 9.52 Å². The first kappa shape index (κ1) is 12.6. The molecule has 0 aliphatic heterocycles. The van der Waals surface area contributed by atoms with Gasteiger partial charge in [-0.2, -0.15) is 0 Å². The van der Waals surface area contributed by atoms with E-state index in [9.17, 15) is 4.79 Å². The molecule has 1 N–H and O–H groups in total. The zero-order valence-corrected chi connectivity index (χ0v) is 10.8. The largest absolute Gasteiger partial charge is 0.475 e. The van der Waals surface area contributed by atoms with Gasteiger partial charge in [-0.25, -0.2) is 14.8 Å². The number of aromatic carboxylic acids is 1. The van der Waals surface area contributed by atoms with Gasteiger partial charge in [0.05, 0.1) is 0 Å². The van der Waals surface area contributed by atoms with Gasteiger partial charge in [-0.15, -0.1) is 0 Å². The van der Waals surface area contributed by atoms with Crippen LogP contribution in [0.4, 0.5) is 0 Å². The van der Waals surface area contributed by atoms with Gasteiger partial charge in [0.1, 0.15) is 11.4 Å². The Bertz CT molecular complexity index is 566. The second kappa shape index (κ2) is 5.22. The number of hydrogen-bond acceptors (Lipinski definition) is 5. The molecule has 0 radical (unpaired) electrons. The number of hydrogen-bond donors (Lipinski definition) is 1.